The normalized spacial score (nSPS) is 11.7. The zero-order chi connectivity index (χ0) is 28.3. The molecule has 0 radical (unpaired) electrons. The smallest absolute Gasteiger partial charge is 0.143 e. The zero-order valence-corrected chi connectivity index (χ0v) is 24.0. The molecule has 202 valence electrons. The van der Waals surface area contributed by atoms with Crippen LogP contribution in [0.4, 0.5) is 17.1 Å². The van der Waals surface area contributed by atoms with Gasteiger partial charge in [-0.05, 0) is 59.7 Å². The van der Waals surface area contributed by atoms with Crippen molar-refractivity contribution in [2.45, 2.75) is 0 Å². The Labute approximate surface area is 252 Å². The van der Waals surface area contributed by atoms with Crippen molar-refractivity contribution in [2.24, 2.45) is 0 Å². The molecule has 0 aliphatic rings. The van der Waals surface area contributed by atoms with Crippen molar-refractivity contribution in [1.82, 2.24) is 0 Å². The Morgan fingerprint density at radius 2 is 1.12 bits per heavy atom. The van der Waals surface area contributed by atoms with E-state index in [0.29, 0.717) is 0 Å². The van der Waals surface area contributed by atoms with Gasteiger partial charge in [-0.25, -0.2) is 0 Å². The van der Waals surface area contributed by atoms with Crippen LogP contribution < -0.4 is 4.90 Å². The second-order valence-electron chi connectivity index (χ2n) is 10.9. The number of fused-ring (bicyclic) bond motifs is 8. The molecular weight excluding hydrogens is 543 g/mol. The van der Waals surface area contributed by atoms with E-state index in [1.54, 1.807) is 0 Å². The minimum Gasteiger partial charge on any atom is -0.455 e. The Hall–Kier alpha value is -5.38. The fourth-order valence-electron chi connectivity index (χ4n) is 6.53. The minimum atomic E-state index is 0.900. The highest BCUT2D eigenvalue weighted by Crippen LogP contribution is 2.46. The summed E-state index contributed by atoms with van der Waals surface area (Å²) < 4.78 is 9.31. The van der Waals surface area contributed by atoms with Crippen molar-refractivity contribution < 1.29 is 4.42 Å². The van der Waals surface area contributed by atoms with Crippen LogP contribution in [0.25, 0.3) is 64.0 Å². The van der Waals surface area contributed by atoms with E-state index >= 15 is 0 Å². The van der Waals surface area contributed by atoms with Gasteiger partial charge in [0.05, 0.1) is 5.69 Å². The second-order valence-corrected chi connectivity index (χ2v) is 12.0. The van der Waals surface area contributed by atoms with Crippen LogP contribution in [-0.4, -0.2) is 0 Å². The maximum absolute atomic E-state index is 6.69. The van der Waals surface area contributed by atoms with Crippen LogP contribution in [0.5, 0.6) is 0 Å². The molecule has 0 N–H and O–H groups in total. The maximum atomic E-state index is 6.69. The number of nitrogens with zero attached hydrogens (tertiary/aromatic N) is 1. The van der Waals surface area contributed by atoms with Crippen molar-refractivity contribution in [1.29, 1.82) is 0 Å². The van der Waals surface area contributed by atoms with Crippen LogP contribution in [0.3, 0.4) is 0 Å². The number of hydrogen-bond acceptors (Lipinski definition) is 3. The number of para-hydroxylation sites is 2. The predicted molar refractivity (Wildman–Crippen MR) is 184 cm³/mol. The molecule has 0 bridgehead atoms. The van der Waals surface area contributed by atoms with Crippen LogP contribution in [0, 0.1) is 0 Å². The molecule has 0 spiro atoms. The molecule has 2 aromatic heterocycles. The molecule has 2 heterocycles. The molecule has 0 amide bonds. The molecule has 0 aliphatic carbocycles. The van der Waals surface area contributed by atoms with Gasteiger partial charge in [0.25, 0.3) is 0 Å². The highest BCUT2D eigenvalue weighted by molar-refractivity contribution is 7.25. The van der Waals surface area contributed by atoms with Gasteiger partial charge in [0.15, 0.2) is 0 Å². The van der Waals surface area contributed by atoms with E-state index in [2.05, 4.69) is 157 Å². The van der Waals surface area contributed by atoms with Crippen LogP contribution in [0.2, 0.25) is 0 Å². The lowest BCUT2D eigenvalue weighted by Gasteiger charge is -2.27. The summed E-state index contributed by atoms with van der Waals surface area (Å²) >= 11 is 1.85. The summed E-state index contributed by atoms with van der Waals surface area (Å²) in [6.45, 7) is 0. The van der Waals surface area contributed by atoms with Crippen molar-refractivity contribution in [3.05, 3.63) is 152 Å². The van der Waals surface area contributed by atoms with Crippen molar-refractivity contribution in [3.63, 3.8) is 0 Å². The number of furan rings is 1. The standard InChI is InChI=1S/C40H25NOS/c1-3-12-27(13-4-1)41(28-14-5-2-6-15-28)35-25-34-39-29(19-11-20-36(39)42-40(34)33-18-8-7-16-30(33)35)26-22-23-32-31-17-9-10-21-37(31)43-38(32)24-26/h1-25H. The third-order valence-corrected chi connectivity index (χ3v) is 9.57. The maximum Gasteiger partial charge on any atom is 0.143 e. The van der Waals surface area contributed by atoms with Crippen LogP contribution in [-0.2, 0) is 0 Å². The van der Waals surface area contributed by atoms with E-state index in [9.17, 15) is 0 Å². The van der Waals surface area contributed by atoms with Crippen LogP contribution in [0.15, 0.2) is 156 Å². The second kappa shape index (κ2) is 9.59. The van der Waals surface area contributed by atoms with E-state index < -0.39 is 0 Å². The predicted octanol–water partition coefficient (Wildman–Crippen LogP) is 12.2. The van der Waals surface area contributed by atoms with Crippen molar-refractivity contribution in [2.75, 3.05) is 4.90 Å². The first-order valence-corrected chi connectivity index (χ1v) is 15.3. The average molecular weight is 568 g/mol. The highest BCUT2D eigenvalue weighted by Gasteiger charge is 2.21. The summed E-state index contributed by atoms with van der Waals surface area (Å²) in [7, 11) is 0. The van der Waals surface area contributed by atoms with Crippen molar-refractivity contribution in [3.8, 4) is 11.1 Å². The SMILES string of the molecule is c1ccc(N(c2ccccc2)c2cc3c(oc4cccc(-c5ccc6c(c5)sc5ccccc56)c43)c3ccccc23)cc1. The van der Waals surface area contributed by atoms with E-state index in [1.165, 1.54) is 31.3 Å². The van der Waals surface area contributed by atoms with Crippen molar-refractivity contribution >= 4 is 81.3 Å². The number of hydrogen-bond donors (Lipinski definition) is 0. The molecule has 3 heteroatoms. The monoisotopic (exact) mass is 567 g/mol. The zero-order valence-electron chi connectivity index (χ0n) is 23.2. The Kier molecular flexibility index (Phi) is 5.40. The Bertz CT molecular complexity index is 2420. The average Bonchev–Trinajstić information content (AvgIpc) is 3.64. The number of benzene rings is 7. The first kappa shape index (κ1) is 24.2. The molecule has 0 fully saturated rings. The van der Waals surface area contributed by atoms with Gasteiger partial charge >= 0.3 is 0 Å². The van der Waals surface area contributed by atoms with Gasteiger partial charge in [-0.15, -0.1) is 11.3 Å². The number of thiophene rings is 1. The van der Waals surface area contributed by atoms with Gasteiger partial charge in [0, 0.05) is 53.1 Å². The first-order valence-electron chi connectivity index (χ1n) is 14.5. The summed E-state index contributed by atoms with van der Waals surface area (Å²) in [6.07, 6.45) is 0. The summed E-state index contributed by atoms with van der Waals surface area (Å²) in [4.78, 5) is 2.35. The highest BCUT2D eigenvalue weighted by atomic mass is 32.1. The van der Waals surface area contributed by atoms with Gasteiger partial charge in [0.1, 0.15) is 11.2 Å². The fourth-order valence-corrected chi connectivity index (χ4v) is 7.67. The van der Waals surface area contributed by atoms with Gasteiger partial charge < -0.3 is 9.32 Å². The van der Waals surface area contributed by atoms with Gasteiger partial charge in [0.2, 0.25) is 0 Å². The van der Waals surface area contributed by atoms with E-state index in [0.717, 1.165) is 49.8 Å². The van der Waals surface area contributed by atoms with Crippen LogP contribution >= 0.6 is 11.3 Å². The summed E-state index contributed by atoms with van der Waals surface area (Å²) in [5.74, 6) is 0. The van der Waals surface area contributed by atoms with Gasteiger partial charge in [-0.2, -0.15) is 0 Å². The quantitative estimate of drug-likeness (QED) is 0.210. The molecule has 0 saturated heterocycles. The topological polar surface area (TPSA) is 16.4 Å². The molecule has 43 heavy (non-hydrogen) atoms. The van der Waals surface area contributed by atoms with Gasteiger partial charge in [-0.1, -0.05) is 103 Å². The molecule has 0 atom stereocenters. The molecule has 0 saturated carbocycles. The first-order chi connectivity index (χ1) is 21.3. The molecular formula is C40H25NOS. The Morgan fingerprint density at radius 1 is 0.465 bits per heavy atom. The lowest BCUT2D eigenvalue weighted by molar-refractivity contribution is 0.673. The Morgan fingerprint density at radius 3 is 1.88 bits per heavy atom. The molecule has 9 aromatic rings. The molecule has 0 aliphatic heterocycles. The largest absolute Gasteiger partial charge is 0.455 e. The summed E-state index contributed by atoms with van der Waals surface area (Å²) in [6, 6.07) is 54.1. The van der Waals surface area contributed by atoms with Gasteiger partial charge in [-0.3, -0.25) is 0 Å². The lowest BCUT2D eigenvalue weighted by atomic mass is 9.96. The summed E-state index contributed by atoms with van der Waals surface area (Å²) in [5, 5.41) is 7.14. The van der Waals surface area contributed by atoms with Crippen LogP contribution in [0.1, 0.15) is 0 Å². The minimum absolute atomic E-state index is 0.900. The molecule has 0 unspecified atom stereocenters. The molecule has 7 aromatic carbocycles. The number of rotatable bonds is 4. The van der Waals surface area contributed by atoms with E-state index in [-0.39, 0.29) is 0 Å². The third-order valence-electron chi connectivity index (χ3n) is 8.44. The lowest BCUT2D eigenvalue weighted by Crippen LogP contribution is -2.10. The number of anilines is 3. The Balaban J connectivity index is 1.35. The molecule has 9 rings (SSSR count). The van der Waals surface area contributed by atoms with E-state index in [1.807, 2.05) is 11.3 Å². The molecule has 2 nitrogen and oxygen atoms in total. The summed E-state index contributed by atoms with van der Waals surface area (Å²) in [5.41, 5.74) is 7.55. The fraction of sp³-hybridized carbons (Fsp3) is 0. The van der Waals surface area contributed by atoms with E-state index in [4.69, 9.17) is 4.42 Å². The third kappa shape index (κ3) is 3.79.